The van der Waals surface area contributed by atoms with Gasteiger partial charge in [-0.1, -0.05) is 39.2 Å². The van der Waals surface area contributed by atoms with E-state index in [0.717, 1.165) is 18.7 Å². The summed E-state index contributed by atoms with van der Waals surface area (Å²) in [6, 6.07) is 5.58. The molecule has 1 saturated carbocycles. The van der Waals surface area contributed by atoms with Crippen molar-refractivity contribution in [3.63, 3.8) is 0 Å². The van der Waals surface area contributed by atoms with Crippen LogP contribution < -0.4 is 5.32 Å². The molecule has 21 heavy (non-hydrogen) atoms. The van der Waals surface area contributed by atoms with Gasteiger partial charge in [0.25, 0.3) is 0 Å². The van der Waals surface area contributed by atoms with Crippen LogP contribution in [0.5, 0.6) is 0 Å². The number of aryl methyl sites for hydroxylation is 1. The summed E-state index contributed by atoms with van der Waals surface area (Å²) >= 11 is 0. The molecular formula is C19H30FN. The fourth-order valence-electron chi connectivity index (χ4n) is 3.60. The zero-order chi connectivity index (χ0) is 15.2. The van der Waals surface area contributed by atoms with Crippen molar-refractivity contribution in [2.45, 2.75) is 58.8 Å². The maximum Gasteiger partial charge on any atom is 0.123 e. The minimum Gasteiger partial charge on any atom is -0.316 e. The van der Waals surface area contributed by atoms with Gasteiger partial charge in [0.15, 0.2) is 0 Å². The zero-order valence-electron chi connectivity index (χ0n) is 13.8. The number of rotatable bonds is 5. The number of nitrogens with one attached hydrogen (secondary N) is 1. The molecule has 1 aliphatic rings. The third-order valence-electron chi connectivity index (χ3n) is 4.61. The summed E-state index contributed by atoms with van der Waals surface area (Å²) in [4.78, 5) is 0. The first-order valence-electron chi connectivity index (χ1n) is 8.54. The van der Waals surface area contributed by atoms with Crippen LogP contribution in [0.2, 0.25) is 0 Å². The minimum absolute atomic E-state index is 0.0804. The van der Waals surface area contributed by atoms with Crippen LogP contribution in [0, 0.1) is 24.6 Å². The van der Waals surface area contributed by atoms with Gasteiger partial charge in [0, 0.05) is 0 Å². The van der Waals surface area contributed by atoms with E-state index < -0.39 is 0 Å². The van der Waals surface area contributed by atoms with Crippen molar-refractivity contribution in [1.29, 1.82) is 0 Å². The third kappa shape index (κ3) is 5.10. The average molecular weight is 291 g/mol. The molecule has 1 nitrogen and oxygen atoms in total. The fourth-order valence-corrected chi connectivity index (χ4v) is 3.60. The smallest absolute Gasteiger partial charge is 0.123 e. The predicted octanol–water partition coefficient (Wildman–Crippen LogP) is 5.04. The van der Waals surface area contributed by atoms with Gasteiger partial charge < -0.3 is 5.32 Å². The maximum atomic E-state index is 13.8. The Labute approximate surface area is 129 Å². The average Bonchev–Trinajstić information content (AvgIpc) is 2.62. The van der Waals surface area contributed by atoms with Crippen LogP contribution >= 0.6 is 0 Å². The van der Waals surface area contributed by atoms with Gasteiger partial charge in [-0.3, -0.25) is 0 Å². The number of halogens is 1. The Bertz CT molecular complexity index is 421. The van der Waals surface area contributed by atoms with E-state index in [-0.39, 0.29) is 5.82 Å². The fraction of sp³-hybridized carbons (Fsp3) is 0.684. The zero-order valence-corrected chi connectivity index (χ0v) is 13.8. The van der Waals surface area contributed by atoms with Crippen LogP contribution in [0.1, 0.15) is 63.0 Å². The van der Waals surface area contributed by atoms with Crippen molar-refractivity contribution < 1.29 is 4.39 Å². The van der Waals surface area contributed by atoms with E-state index in [1.165, 1.54) is 37.7 Å². The van der Waals surface area contributed by atoms with Crippen molar-refractivity contribution in [1.82, 2.24) is 5.32 Å². The van der Waals surface area contributed by atoms with E-state index in [1.54, 1.807) is 12.1 Å². The summed E-state index contributed by atoms with van der Waals surface area (Å²) in [5, 5.41) is 3.62. The molecular weight excluding hydrogens is 261 g/mol. The Morgan fingerprint density at radius 1 is 1.14 bits per heavy atom. The molecule has 2 rings (SSSR count). The quantitative estimate of drug-likeness (QED) is 0.749. The second-order valence-corrected chi connectivity index (χ2v) is 7.12. The molecule has 1 aromatic rings. The Balaban J connectivity index is 2.10. The second kappa shape index (κ2) is 7.93. The van der Waals surface area contributed by atoms with E-state index in [0.29, 0.717) is 17.8 Å². The first kappa shape index (κ1) is 16.5. The number of hydrogen-bond donors (Lipinski definition) is 1. The largest absolute Gasteiger partial charge is 0.316 e. The molecule has 1 N–H and O–H groups in total. The molecule has 0 amide bonds. The highest BCUT2D eigenvalue weighted by Crippen LogP contribution is 2.36. The molecule has 0 bridgehead atoms. The van der Waals surface area contributed by atoms with Crippen LogP contribution in [0.15, 0.2) is 18.2 Å². The minimum atomic E-state index is -0.0804. The van der Waals surface area contributed by atoms with Crippen molar-refractivity contribution in [2.75, 3.05) is 13.1 Å². The van der Waals surface area contributed by atoms with E-state index >= 15 is 0 Å². The second-order valence-electron chi connectivity index (χ2n) is 7.12. The molecule has 0 heterocycles. The van der Waals surface area contributed by atoms with E-state index in [4.69, 9.17) is 0 Å². The Morgan fingerprint density at radius 3 is 2.62 bits per heavy atom. The SMILES string of the molecule is Cc1cc(F)cc(C2CCCCCC2CNCC(C)C)c1. The van der Waals surface area contributed by atoms with E-state index in [1.807, 2.05) is 6.92 Å². The van der Waals surface area contributed by atoms with Crippen molar-refractivity contribution in [3.8, 4) is 0 Å². The Hall–Kier alpha value is -0.890. The van der Waals surface area contributed by atoms with Crippen LogP contribution in [0.25, 0.3) is 0 Å². The van der Waals surface area contributed by atoms with E-state index in [2.05, 4.69) is 25.2 Å². The molecule has 2 atom stereocenters. The van der Waals surface area contributed by atoms with Crippen LogP contribution in [-0.2, 0) is 0 Å². The van der Waals surface area contributed by atoms with Gasteiger partial charge in [-0.25, -0.2) is 4.39 Å². The van der Waals surface area contributed by atoms with Gasteiger partial charge in [-0.2, -0.15) is 0 Å². The van der Waals surface area contributed by atoms with Crippen LogP contribution in [-0.4, -0.2) is 13.1 Å². The molecule has 1 aromatic carbocycles. The summed E-state index contributed by atoms with van der Waals surface area (Å²) < 4.78 is 13.8. The lowest BCUT2D eigenvalue weighted by atomic mass is 9.82. The van der Waals surface area contributed by atoms with Crippen molar-refractivity contribution in [2.24, 2.45) is 11.8 Å². The van der Waals surface area contributed by atoms with Crippen molar-refractivity contribution >= 4 is 0 Å². The molecule has 1 aliphatic carbocycles. The highest BCUT2D eigenvalue weighted by atomic mass is 19.1. The summed E-state index contributed by atoms with van der Waals surface area (Å²) in [5.74, 6) is 1.77. The molecule has 0 spiro atoms. The van der Waals surface area contributed by atoms with Crippen molar-refractivity contribution in [3.05, 3.63) is 35.1 Å². The molecule has 0 saturated heterocycles. The van der Waals surface area contributed by atoms with E-state index in [9.17, 15) is 4.39 Å². The highest BCUT2D eigenvalue weighted by Gasteiger charge is 2.25. The lowest BCUT2D eigenvalue weighted by Gasteiger charge is -2.27. The monoisotopic (exact) mass is 291 g/mol. The van der Waals surface area contributed by atoms with Gasteiger partial charge in [0.1, 0.15) is 5.82 Å². The lowest BCUT2D eigenvalue weighted by molar-refractivity contribution is 0.365. The van der Waals surface area contributed by atoms with Gasteiger partial charge >= 0.3 is 0 Å². The summed E-state index contributed by atoms with van der Waals surface area (Å²) in [5.41, 5.74) is 2.26. The van der Waals surface area contributed by atoms with Gasteiger partial charge in [-0.05, 0) is 73.9 Å². The molecule has 1 fully saturated rings. The Morgan fingerprint density at radius 2 is 1.90 bits per heavy atom. The lowest BCUT2D eigenvalue weighted by Crippen LogP contribution is -2.29. The van der Waals surface area contributed by atoms with Gasteiger partial charge in [0.2, 0.25) is 0 Å². The standard InChI is InChI=1S/C19H30FN/c1-14(2)12-21-13-16-7-5-4-6-8-19(16)17-9-15(3)10-18(20)11-17/h9-11,14,16,19,21H,4-8,12-13H2,1-3H3. The maximum absolute atomic E-state index is 13.8. The van der Waals surface area contributed by atoms with Crippen LogP contribution in [0.3, 0.4) is 0 Å². The first-order chi connectivity index (χ1) is 10.1. The molecule has 2 unspecified atom stereocenters. The molecule has 0 aromatic heterocycles. The van der Waals surface area contributed by atoms with Crippen LogP contribution in [0.4, 0.5) is 4.39 Å². The molecule has 2 heteroatoms. The number of benzene rings is 1. The first-order valence-corrected chi connectivity index (χ1v) is 8.54. The topological polar surface area (TPSA) is 12.0 Å². The summed E-state index contributed by atoms with van der Waals surface area (Å²) in [7, 11) is 0. The highest BCUT2D eigenvalue weighted by molar-refractivity contribution is 5.27. The third-order valence-corrected chi connectivity index (χ3v) is 4.61. The Kier molecular flexibility index (Phi) is 6.22. The predicted molar refractivity (Wildman–Crippen MR) is 88.2 cm³/mol. The normalized spacial score (nSPS) is 23.3. The van der Waals surface area contributed by atoms with Gasteiger partial charge in [-0.15, -0.1) is 0 Å². The summed E-state index contributed by atoms with van der Waals surface area (Å²) in [6.07, 6.45) is 6.40. The molecule has 0 aliphatic heterocycles. The molecule has 0 radical (unpaired) electrons. The number of hydrogen-bond acceptors (Lipinski definition) is 1. The molecule has 118 valence electrons. The summed E-state index contributed by atoms with van der Waals surface area (Å²) in [6.45, 7) is 8.63. The van der Waals surface area contributed by atoms with Gasteiger partial charge in [0.05, 0.1) is 0 Å².